The summed E-state index contributed by atoms with van der Waals surface area (Å²) in [6, 6.07) is 3.79. The van der Waals surface area contributed by atoms with Crippen molar-refractivity contribution < 1.29 is 9.90 Å². The van der Waals surface area contributed by atoms with Gasteiger partial charge < -0.3 is 10.0 Å². The predicted octanol–water partition coefficient (Wildman–Crippen LogP) is 2.74. The van der Waals surface area contributed by atoms with E-state index in [1.165, 1.54) is 0 Å². The molecule has 3 rings (SSSR count). The molecule has 22 heavy (non-hydrogen) atoms. The molecule has 2 aromatic rings. The summed E-state index contributed by atoms with van der Waals surface area (Å²) in [6.45, 7) is 0.535. The zero-order chi connectivity index (χ0) is 15.7. The Morgan fingerprint density at radius 1 is 1.45 bits per heavy atom. The molecule has 1 fully saturated rings. The molecule has 0 amide bonds. The van der Waals surface area contributed by atoms with Crippen molar-refractivity contribution >= 4 is 23.4 Å². The number of hydrogen-bond donors (Lipinski definition) is 1. The van der Waals surface area contributed by atoms with Gasteiger partial charge in [0.2, 0.25) is 0 Å². The number of aromatic carboxylic acids is 1. The van der Waals surface area contributed by atoms with E-state index in [9.17, 15) is 9.90 Å². The number of halogens is 1. The number of anilines is 1. The predicted molar refractivity (Wildman–Crippen MR) is 82.3 cm³/mol. The van der Waals surface area contributed by atoms with Crippen molar-refractivity contribution in [2.24, 2.45) is 0 Å². The van der Waals surface area contributed by atoms with Crippen LogP contribution >= 0.6 is 11.6 Å². The smallest absolute Gasteiger partial charge is 0.356 e. The largest absolute Gasteiger partial charge is 0.476 e. The third-order valence-corrected chi connectivity index (χ3v) is 3.85. The Balaban J connectivity index is 1.95. The van der Waals surface area contributed by atoms with E-state index in [0.717, 1.165) is 18.4 Å². The Morgan fingerprint density at radius 2 is 2.23 bits per heavy atom. The Labute approximate surface area is 132 Å². The summed E-state index contributed by atoms with van der Waals surface area (Å²) in [4.78, 5) is 25.8. The van der Waals surface area contributed by atoms with Crippen LogP contribution in [-0.2, 0) is 6.54 Å². The average Bonchev–Trinajstić information content (AvgIpc) is 3.33. The van der Waals surface area contributed by atoms with Gasteiger partial charge in [-0.15, -0.1) is 0 Å². The first-order valence-electron chi connectivity index (χ1n) is 6.97. The molecule has 0 spiro atoms. The molecular weight excluding hydrogens is 304 g/mol. The van der Waals surface area contributed by atoms with Crippen molar-refractivity contribution in [3.63, 3.8) is 0 Å². The average molecular weight is 319 g/mol. The summed E-state index contributed by atoms with van der Waals surface area (Å²) in [5.41, 5.74) is 0.858. The molecule has 0 aliphatic heterocycles. The van der Waals surface area contributed by atoms with Crippen molar-refractivity contribution in [3.8, 4) is 0 Å². The van der Waals surface area contributed by atoms with Gasteiger partial charge in [-0.2, -0.15) is 0 Å². The zero-order valence-corrected chi connectivity index (χ0v) is 12.8. The quantitative estimate of drug-likeness (QED) is 0.913. The molecule has 2 heterocycles. The molecule has 6 nitrogen and oxygen atoms in total. The highest BCUT2D eigenvalue weighted by Crippen LogP contribution is 2.40. The molecule has 0 aromatic carbocycles. The summed E-state index contributed by atoms with van der Waals surface area (Å²) >= 11 is 6.20. The van der Waals surface area contributed by atoms with Gasteiger partial charge in [0.1, 0.15) is 10.8 Å². The first-order valence-corrected chi connectivity index (χ1v) is 7.35. The van der Waals surface area contributed by atoms with Crippen LogP contribution in [-0.4, -0.2) is 33.1 Å². The lowest BCUT2D eigenvalue weighted by Gasteiger charge is -2.20. The third-order valence-electron chi connectivity index (χ3n) is 3.50. The van der Waals surface area contributed by atoms with Crippen LogP contribution in [0.25, 0.3) is 0 Å². The summed E-state index contributed by atoms with van der Waals surface area (Å²) in [5.74, 6) is 0.126. The van der Waals surface area contributed by atoms with Gasteiger partial charge in [-0.05, 0) is 24.5 Å². The number of aromatic nitrogens is 3. The van der Waals surface area contributed by atoms with Crippen LogP contribution < -0.4 is 4.90 Å². The van der Waals surface area contributed by atoms with Gasteiger partial charge in [0.15, 0.2) is 11.5 Å². The second-order valence-corrected chi connectivity index (χ2v) is 5.74. The fraction of sp³-hybridized carbons (Fsp3) is 0.333. The van der Waals surface area contributed by atoms with Crippen molar-refractivity contribution in [1.82, 2.24) is 15.0 Å². The molecule has 1 saturated carbocycles. The molecule has 1 N–H and O–H groups in total. The number of nitrogens with zero attached hydrogens (tertiary/aromatic N) is 4. The number of carbonyl (C=O) groups is 1. The molecule has 7 heteroatoms. The minimum atomic E-state index is -1.13. The van der Waals surface area contributed by atoms with Crippen LogP contribution in [0.2, 0.25) is 5.02 Å². The van der Waals surface area contributed by atoms with Crippen molar-refractivity contribution in [3.05, 3.63) is 46.6 Å². The first-order chi connectivity index (χ1) is 10.6. The number of hydrogen-bond acceptors (Lipinski definition) is 5. The monoisotopic (exact) mass is 318 g/mol. The Bertz CT molecular complexity index is 704. The van der Waals surface area contributed by atoms with Crippen LogP contribution in [0.1, 0.15) is 40.6 Å². The van der Waals surface area contributed by atoms with E-state index in [1.807, 2.05) is 24.1 Å². The molecule has 0 atom stereocenters. The maximum Gasteiger partial charge on any atom is 0.356 e. The molecule has 0 bridgehead atoms. The van der Waals surface area contributed by atoms with Crippen LogP contribution in [0.4, 0.5) is 5.82 Å². The lowest BCUT2D eigenvalue weighted by atomic mass is 10.2. The number of pyridine rings is 1. The standard InChI is InChI=1S/C15H15ClN4O2/c1-20(8-9-3-2-6-17-7-9)14-11(16)12(15(21)22)18-13(19-14)10-4-5-10/h2-3,6-7,10H,4-5,8H2,1H3,(H,21,22). The van der Waals surface area contributed by atoms with Gasteiger partial charge in [-0.1, -0.05) is 17.7 Å². The second-order valence-electron chi connectivity index (χ2n) is 5.36. The first kappa shape index (κ1) is 14.7. The van der Waals surface area contributed by atoms with Crippen molar-refractivity contribution in [2.45, 2.75) is 25.3 Å². The van der Waals surface area contributed by atoms with Gasteiger partial charge in [-0.25, -0.2) is 14.8 Å². The number of carboxylic acid groups (broad SMARTS) is 1. The van der Waals surface area contributed by atoms with Crippen LogP contribution in [0.5, 0.6) is 0 Å². The fourth-order valence-electron chi connectivity index (χ4n) is 2.21. The van der Waals surface area contributed by atoms with Crippen LogP contribution in [0.15, 0.2) is 24.5 Å². The molecule has 0 saturated heterocycles. The van der Waals surface area contributed by atoms with Crippen LogP contribution in [0.3, 0.4) is 0 Å². The van der Waals surface area contributed by atoms with Crippen molar-refractivity contribution in [2.75, 3.05) is 11.9 Å². The van der Waals surface area contributed by atoms with E-state index < -0.39 is 5.97 Å². The van der Waals surface area contributed by atoms with Gasteiger partial charge in [-0.3, -0.25) is 4.98 Å². The van der Waals surface area contributed by atoms with E-state index in [1.54, 1.807) is 12.4 Å². The lowest BCUT2D eigenvalue weighted by molar-refractivity contribution is 0.0690. The minimum absolute atomic E-state index is 0.0725. The van der Waals surface area contributed by atoms with Crippen LogP contribution in [0, 0.1) is 0 Å². The molecule has 2 aromatic heterocycles. The van der Waals surface area contributed by atoms with E-state index in [2.05, 4.69) is 15.0 Å². The van der Waals surface area contributed by atoms with E-state index >= 15 is 0 Å². The van der Waals surface area contributed by atoms with Gasteiger partial charge >= 0.3 is 5.97 Å². The van der Waals surface area contributed by atoms with E-state index in [-0.39, 0.29) is 16.6 Å². The number of rotatable bonds is 5. The SMILES string of the molecule is CN(Cc1cccnc1)c1nc(C2CC2)nc(C(=O)O)c1Cl. The molecule has 1 aliphatic carbocycles. The molecular formula is C15H15ClN4O2. The minimum Gasteiger partial charge on any atom is -0.476 e. The van der Waals surface area contributed by atoms with Gasteiger partial charge in [0.05, 0.1) is 0 Å². The summed E-state index contributed by atoms with van der Waals surface area (Å²) in [5, 5.41) is 9.36. The Kier molecular flexibility index (Phi) is 3.94. The van der Waals surface area contributed by atoms with E-state index in [4.69, 9.17) is 11.6 Å². The summed E-state index contributed by atoms with van der Waals surface area (Å²) < 4.78 is 0. The zero-order valence-electron chi connectivity index (χ0n) is 12.0. The fourth-order valence-corrected chi connectivity index (χ4v) is 2.52. The Morgan fingerprint density at radius 3 is 2.82 bits per heavy atom. The lowest BCUT2D eigenvalue weighted by Crippen LogP contribution is -2.21. The topological polar surface area (TPSA) is 79.2 Å². The van der Waals surface area contributed by atoms with E-state index in [0.29, 0.717) is 18.2 Å². The molecule has 0 unspecified atom stereocenters. The molecule has 1 aliphatic rings. The molecule has 114 valence electrons. The third kappa shape index (κ3) is 3.01. The normalized spacial score (nSPS) is 13.9. The van der Waals surface area contributed by atoms with Crippen molar-refractivity contribution in [1.29, 1.82) is 0 Å². The maximum absolute atomic E-state index is 11.3. The maximum atomic E-state index is 11.3. The summed E-state index contributed by atoms with van der Waals surface area (Å²) in [6.07, 6.45) is 5.44. The van der Waals surface area contributed by atoms with Gasteiger partial charge in [0, 0.05) is 31.9 Å². The van der Waals surface area contributed by atoms with Gasteiger partial charge in [0.25, 0.3) is 0 Å². The number of carboxylic acids is 1. The summed E-state index contributed by atoms with van der Waals surface area (Å²) in [7, 11) is 1.82. The molecule has 0 radical (unpaired) electrons. The highest BCUT2D eigenvalue weighted by Gasteiger charge is 2.30. The highest BCUT2D eigenvalue weighted by atomic mass is 35.5. The Hall–Kier alpha value is -2.21. The second kappa shape index (κ2) is 5.88. The highest BCUT2D eigenvalue weighted by molar-refractivity contribution is 6.35.